The van der Waals surface area contributed by atoms with E-state index in [9.17, 15) is 0 Å². The first kappa shape index (κ1) is 29.9. The summed E-state index contributed by atoms with van der Waals surface area (Å²) in [4.78, 5) is 0. The van der Waals surface area contributed by atoms with E-state index in [0.717, 1.165) is 17.4 Å². The minimum absolute atomic E-state index is 0.334. The standard InChI is InChI=1S/C28H60NO/c1-4-5-6-7-8-9-10-11-12-13-14-15-16-17-18-19-20-21-22-23-24-26-29(2,3)27-25-28-30/h30H,4-28H2,1-3H3/q+1. The number of aliphatic hydroxyl groups is 1. The Balaban J connectivity index is 3.11. The molecule has 0 heterocycles. The lowest BCUT2D eigenvalue weighted by molar-refractivity contribution is -0.890. The highest BCUT2D eigenvalue weighted by molar-refractivity contribution is 4.51. The summed E-state index contributed by atoms with van der Waals surface area (Å²) in [7, 11) is 4.60. The van der Waals surface area contributed by atoms with Gasteiger partial charge in [-0.2, -0.15) is 0 Å². The Bertz CT molecular complexity index is 316. The lowest BCUT2D eigenvalue weighted by Crippen LogP contribution is -2.41. The van der Waals surface area contributed by atoms with Gasteiger partial charge in [0.15, 0.2) is 0 Å². The molecule has 2 nitrogen and oxygen atoms in total. The molecular formula is C28H60NO+. The molecule has 0 amide bonds. The van der Waals surface area contributed by atoms with E-state index in [2.05, 4.69) is 21.0 Å². The van der Waals surface area contributed by atoms with Gasteiger partial charge < -0.3 is 9.59 Å². The van der Waals surface area contributed by atoms with Crippen molar-refractivity contribution in [1.82, 2.24) is 0 Å². The van der Waals surface area contributed by atoms with Crippen LogP contribution in [0.4, 0.5) is 0 Å². The van der Waals surface area contributed by atoms with E-state index < -0.39 is 0 Å². The van der Waals surface area contributed by atoms with Crippen molar-refractivity contribution in [3.8, 4) is 0 Å². The molecule has 0 saturated carbocycles. The molecule has 0 spiro atoms. The molecule has 0 unspecified atom stereocenters. The zero-order chi connectivity index (χ0) is 22.2. The predicted molar refractivity (Wildman–Crippen MR) is 136 cm³/mol. The highest BCUT2D eigenvalue weighted by atomic mass is 16.3. The minimum atomic E-state index is 0.334. The van der Waals surface area contributed by atoms with Gasteiger partial charge in [-0.3, -0.25) is 0 Å². The lowest BCUT2D eigenvalue weighted by atomic mass is 10.0. The monoisotopic (exact) mass is 426 g/mol. The summed E-state index contributed by atoms with van der Waals surface area (Å²) in [6, 6.07) is 0. The van der Waals surface area contributed by atoms with E-state index in [1.54, 1.807) is 0 Å². The maximum Gasteiger partial charge on any atom is 0.0804 e. The van der Waals surface area contributed by atoms with Gasteiger partial charge in [0.25, 0.3) is 0 Å². The van der Waals surface area contributed by atoms with Crippen LogP contribution < -0.4 is 0 Å². The normalized spacial score (nSPS) is 12.0. The molecule has 0 atom stereocenters. The number of nitrogens with zero attached hydrogens (tertiary/aromatic N) is 1. The van der Waals surface area contributed by atoms with E-state index in [-0.39, 0.29) is 0 Å². The van der Waals surface area contributed by atoms with Crippen molar-refractivity contribution in [2.45, 2.75) is 148 Å². The number of unbranched alkanes of at least 4 members (excludes halogenated alkanes) is 20. The topological polar surface area (TPSA) is 20.2 Å². The van der Waals surface area contributed by atoms with Crippen LogP contribution in [0.5, 0.6) is 0 Å². The van der Waals surface area contributed by atoms with Crippen molar-refractivity contribution in [2.24, 2.45) is 0 Å². The van der Waals surface area contributed by atoms with Gasteiger partial charge >= 0.3 is 0 Å². The zero-order valence-corrected chi connectivity index (χ0v) is 21.6. The quantitative estimate of drug-likeness (QED) is 0.114. The molecule has 0 rings (SSSR count). The van der Waals surface area contributed by atoms with Crippen LogP contribution in [0.15, 0.2) is 0 Å². The molecule has 2 heteroatoms. The number of hydrogen-bond donors (Lipinski definition) is 1. The summed E-state index contributed by atoms with van der Waals surface area (Å²) < 4.78 is 1.07. The Kier molecular flexibility index (Phi) is 23.5. The highest BCUT2D eigenvalue weighted by Gasteiger charge is 2.13. The van der Waals surface area contributed by atoms with E-state index in [0.29, 0.717) is 6.61 Å². The van der Waals surface area contributed by atoms with Crippen LogP contribution in [0, 0.1) is 0 Å². The van der Waals surface area contributed by atoms with E-state index in [1.165, 1.54) is 141 Å². The summed E-state index contributed by atoms with van der Waals surface area (Å²) >= 11 is 0. The Morgan fingerprint density at radius 1 is 0.400 bits per heavy atom. The molecule has 0 aromatic heterocycles. The first-order valence-electron chi connectivity index (χ1n) is 14.1. The molecule has 0 radical (unpaired) electrons. The molecule has 0 bridgehead atoms. The van der Waals surface area contributed by atoms with Crippen molar-refractivity contribution in [3.05, 3.63) is 0 Å². The third kappa shape index (κ3) is 24.2. The third-order valence-corrected chi connectivity index (χ3v) is 6.79. The fourth-order valence-electron chi connectivity index (χ4n) is 4.58. The Morgan fingerprint density at radius 2 is 0.667 bits per heavy atom. The molecule has 0 aliphatic rings. The molecule has 30 heavy (non-hydrogen) atoms. The average molecular weight is 427 g/mol. The Hall–Kier alpha value is -0.0800. The summed E-state index contributed by atoms with van der Waals surface area (Å²) in [6.45, 7) is 5.00. The van der Waals surface area contributed by atoms with E-state index in [1.807, 2.05) is 0 Å². The van der Waals surface area contributed by atoms with E-state index >= 15 is 0 Å². The second-order valence-corrected chi connectivity index (χ2v) is 10.5. The predicted octanol–water partition coefficient (Wildman–Crippen LogP) is 8.66. The van der Waals surface area contributed by atoms with Crippen LogP contribution >= 0.6 is 0 Å². The SMILES string of the molecule is CCCCCCCCCCCCCCCCCCCCCCC[N+](C)(C)CCCO. The van der Waals surface area contributed by atoms with Gasteiger partial charge in [0.2, 0.25) is 0 Å². The average Bonchev–Trinajstić information content (AvgIpc) is 2.73. The number of quaternary nitrogens is 1. The molecule has 1 N–H and O–H groups in total. The first-order chi connectivity index (χ1) is 14.6. The van der Waals surface area contributed by atoms with Gasteiger partial charge in [-0.05, 0) is 12.8 Å². The lowest BCUT2D eigenvalue weighted by Gasteiger charge is -2.29. The molecule has 0 aliphatic heterocycles. The van der Waals surface area contributed by atoms with Gasteiger partial charge in [-0.15, -0.1) is 0 Å². The van der Waals surface area contributed by atoms with Gasteiger partial charge in [0.05, 0.1) is 27.2 Å². The van der Waals surface area contributed by atoms with Crippen LogP contribution in [0.3, 0.4) is 0 Å². The van der Waals surface area contributed by atoms with Crippen LogP contribution in [-0.4, -0.2) is 43.4 Å². The van der Waals surface area contributed by atoms with Crippen LogP contribution in [0.25, 0.3) is 0 Å². The third-order valence-electron chi connectivity index (χ3n) is 6.79. The fraction of sp³-hybridized carbons (Fsp3) is 1.00. The minimum Gasteiger partial charge on any atom is -0.396 e. The van der Waals surface area contributed by atoms with E-state index in [4.69, 9.17) is 5.11 Å². The largest absolute Gasteiger partial charge is 0.396 e. The van der Waals surface area contributed by atoms with Gasteiger partial charge in [-0.1, -0.05) is 129 Å². The maximum absolute atomic E-state index is 8.97. The fourth-order valence-corrected chi connectivity index (χ4v) is 4.58. The van der Waals surface area contributed by atoms with Gasteiger partial charge in [0, 0.05) is 13.0 Å². The van der Waals surface area contributed by atoms with Crippen molar-refractivity contribution in [3.63, 3.8) is 0 Å². The zero-order valence-electron chi connectivity index (χ0n) is 21.6. The van der Waals surface area contributed by atoms with Crippen molar-refractivity contribution in [2.75, 3.05) is 33.8 Å². The second-order valence-electron chi connectivity index (χ2n) is 10.5. The summed E-state index contributed by atoms with van der Waals surface area (Å²) in [5, 5.41) is 8.97. The molecular weight excluding hydrogens is 366 g/mol. The van der Waals surface area contributed by atoms with Crippen molar-refractivity contribution in [1.29, 1.82) is 0 Å². The molecule has 0 fully saturated rings. The Morgan fingerprint density at radius 3 is 0.967 bits per heavy atom. The Labute approximate surface area is 191 Å². The van der Waals surface area contributed by atoms with Crippen molar-refractivity contribution < 1.29 is 9.59 Å². The van der Waals surface area contributed by atoms with Crippen molar-refractivity contribution >= 4 is 0 Å². The van der Waals surface area contributed by atoms with Gasteiger partial charge in [0.1, 0.15) is 0 Å². The number of rotatable bonds is 25. The number of hydrogen-bond acceptors (Lipinski definition) is 1. The molecule has 0 aromatic carbocycles. The van der Waals surface area contributed by atoms with Crippen LogP contribution in [0.2, 0.25) is 0 Å². The molecule has 182 valence electrons. The number of aliphatic hydroxyl groups excluding tert-OH is 1. The molecule has 0 aromatic rings. The first-order valence-corrected chi connectivity index (χ1v) is 14.1. The highest BCUT2D eigenvalue weighted by Crippen LogP contribution is 2.15. The second kappa shape index (κ2) is 23.6. The van der Waals surface area contributed by atoms with Crippen LogP contribution in [-0.2, 0) is 0 Å². The smallest absolute Gasteiger partial charge is 0.0804 e. The van der Waals surface area contributed by atoms with Gasteiger partial charge in [-0.25, -0.2) is 0 Å². The molecule has 0 aliphatic carbocycles. The summed E-state index contributed by atoms with van der Waals surface area (Å²) in [5.41, 5.74) is 0. The summed E-state index contributed by atoms with van der Waals surface area (Å²) in [6.07, 6.45) is 31.4. The molecule has 0 saturated heterocycles. The maximum atomic E-state index is 8.97. The van der Waals surface area contributed by atoms with Crippen LogP contribution in [0.1, 0.15) is 148 Å². The summed E-state index contributed by atoms with van der Waals surface area (Å²) in [5.74, 6) is 0.